The summed E-state index contributed by atoms with van der Waals surface area (Å²) in [6.45, 7) is 1.10. The number of piperidine rings is 1. The third-order valence-electron chi connectivity index (χ3n) is 6.51. The molecule has 9 nitrogen and oxygen atoms in total. The minimum Gasteiger partial charge on any atom is -0.497 e. The Bertz CT molecular complexity index is 1280. The van der Waals surface area contributed by atoms with Gasteiger partial charge in [-0.15, -0.1) is 0 Å². The van der Waals surface area contributed by atoms with E-state index in [2.05, 4.69) is 5.10 Å². The monoisotopic (exact) mass is 474 g/mol. The highest BCUT2D eigenvalue weighted by molar-refractivity contribution is 6.09. The number of anilines is 2. The molecule has 2 aliphatic rings. The number of amides is 2. The molecule has 1 aromatic heterocycles. The topological polar surface area (TPSA) is 94.0 Å². The van der Waals surface area contributed by atoms with Crippen molar-refractivity contribution in [2.75, 3.05) is 37.1 Å². The lowest BCUT2D eigenvalue weighted by Crippen LogP contribution is -2.39. The Morgan fingerprint density at radius 3 is 2.11 bits per heavy atom. The predicted octanol–water partition coefficient (Wildman–Crippen LogP) is 3.39. The molecule has 2 aromatic carbocycles. The summed E-state index contributed by atoms with van der Waals surface area (Å²) in [5.74, 6) is -0.0403. The lowest BCUT2D eigenvalue weighted by atomic mass is 10.0. The van der Waals surface area contributed by atoms with Crippen molar-refractivity contribution in [3.05, 3.63) is 65.5 Å². The van der Waals surface area contributed by atoms with Crippen molar-refractivity contribution < 1.29 is 23.9 Å². The highest BCUT2D eigenvalue weighted by atomic mass is 16.5. The average Bonchev–Trinajstić information content (AvgIpc) is 3.29. The molecule has 3 heterocycles. The Morgan fingerprint density at radius 1 is 0.829 bits per heavy atom. The highest BCUT2D eigenvalue weighted by Gasteiger charge is 2.35. The van der Waals surface area contributed by atoms with Crippen LogP contribution in [0.5, 0.6) is 5.75 Å². The zero-order valence-corrected chi connectivity index (χ0v) is 19.7. The van der Waals surface area contributed by atoms with E-state index in [9.17, 15) is 14.4 Å². The second-order valence-corrected chi connectivity index (χ2v) is 8.50. The van der Waals surface area contributed by atoms with Gasteiger partial charge in [-0.25, -0.2) is 9.48 Å². The Hall–Kier alpha value is -4.14. The van der Waals surface area contributed by atoms with Crippen molar-refractivity contribution in [2.24, 2.45) is 0 Å². The molecule has 0 bridgehead atoms. The first-order valence-corrected chi connectivity index (χ1v) is 11.6. The molecule has 0 unspecified atom stereocenters. The van der Waals surface area contributed by atoms with E-state index in [1.807, 2.05) is 24.3 Å². The predicted molar refractivity (Wildman–Crippen MR) is 129 cm³/mol. The van der Waals surface area contributed by atoms with Crippen LogP contribution in [0.1, 0.15) is 45.8 Å². The SMILES string of the molecule is COC(=O)c1nn(-c2ccc(OC)cc2)c2c1CCN(c1ccc(N3CCCCC3=O)cc1)C2=O. The summed E-state index contributed by atoms with van der Waals surface area (Å²) in [5.41, 5.74) is 3.23. The Kier molecular flexibility index (Phi) is 5.98. The summed E-state index contributed by atoms with van der Waals surface area (Å²) in [6, 6.07) is 14.6. The minimum atomic E-state index is -0.578. The average molecular weight is 475 g/mol. The lowest BCUT2D eigenvalue weighted by molar-refractivity contribution is -0.119. The summed E-state index contributed by atoms with van der Waals surface area (Å²) < 4.78 is 11.6. The van der Waals surface area contributed by atoms with Crippen LogP contribution in [0.25, 0.3) is 5.69 Å². The maximum atomic E-state index is 13.7. The third-order valence-corrected chi connectivity index (χ3v) is 6.51. The first kappa shape index (κ1) is 22.6. The fourth-order valence-electron chi connectivity index (χ4n) is 4.67. The molecule has 0 spiro atoms. The quantitative estimate of drug-likeness (QED) is 0.526. The number of carbonyl (C=O) groups excluding carboxylic acids is 3. The molecule has 180 valence electrons. The van der Waals surface area contributed by atoms with Crippen LogP contribution in [0.2, 0.25) is 0 Å². The van der Waals surface area contributed by atoms with Gasteiger partial charge in [-0.1, -0.05) is 0 Å². The van der Waals surface area contributed by atoms with Crippen LogP contribution in [0.3, 0.4) is 0 Å². The summed E-state index contributed by atoms with van der Waals surface area (Å²) in [4.78, 5) is 41.9. The second kappa shape index (κ2) is 9.25. The van der Waals surface area contributed by atoms with E-state index in [0.717, 1.165) is 24.2 Å². The van der Waals surface area contributed by atoms with Crippen molar-refractivity contribution >= 4 is 29.2 Å². The third kappa shape index (κ3) is 4.03. The largest absolute Gasteiger partial charge is 0.497 e. The Morgan fingerprint density at radius 2 is 1.49 bits per heavy atom. The highest BCUT2D eigenvalue weighted by Crippen LogP contribution is 2.31. The van der Waals surface area contributed by atoms with Crippen LogP contribution in [0.4, 0.5) is 11.4 Å². The number of hydrogen-bond acceptors (Lipinski definition) is 6. The summed E-state index contributed by atoms with van der Waals surface area (Å²) in [7, 11) is 2.88. The number of ether oxygens (including phenoxy) is 2. The standard InChI is InChI=1S/C26H26N4O5/c1-34-20-12-10-19(11-13-20)30-24-21(23(27-30)26(33)35-2)14-16-29(25(24)32)18-8-6-17(7-9-18)28-15-4-3-5-22(28)31/h6-13H,3-5,14-16H2,1-2H3. The first-order valence-electron chi connectivity index (χ1n) is 11.6. The van der Waals surface area contributed by atoms with Crippen molar-refractivity contribution in [1.82, 2.24) is 9.78 Å². The van der Waals surface area contributed by atoms with Gasteiger partial charge in [0, 0.05) is 36.4 Å². The van der Waals surface area contributed by atoms with Gasteiger partial charge in [-0.3, -0.25) is 9.59 Å². The lowest BCUT2D eigenvalue weighted by Gasteiger charge is -2.29. The molecule has 0 atom stereocenters. The van der Waals surface area contributed by atoms with Gasteiger partial charge in [-0.2, -0.15) is 5.10 Å². The van der Waals surface area contributed by atoms with E-state index < -0.39 is 5.97 Å². The number of methoxy groups -OCH3 is 2. The molecule has 9 heteroatoms. The molecule has 0 saturated carbocycles. The van der Waals surface area contributed by atoms with E-state index in [-0.39, 0.29) is 17.5 Å². The van der Waals surface area contributed by atoms with Gasteiger partial charge < -0.3 is 19.3 Å². The normalized spacial score (nSPS) is 15.7. The molecule has 3 aromatic rings. The van der Waals surface area contributed by atoms with Crippen molar-refractivity contribution in [3.8, 4) is 11.4 Å². The van der Waals surface area contributed by atoms with Crippen LogP contribution in [0.15, 0.2) is 48.5 Å². The number of rotatable bonds is 5. The minimum absolute atomic E-state index is 0.126. The van der Waals surface area contributed by atoms with E-state index in [4.69, 9.17) is 9.47 Å². The molecule has 1 fully saturated rings. The summed E-state index contributed by atoms with van der Waals surface area (Å²) >= 11 is 0. The van der Waals surface area contributed by atoms with Gasteiger partial charge in [0.15, 0.2) is 5.69 Å². The maximum Gasteiger partial charge on any atom is 0.358 e. The van der Waals surface area contributed by atoms with Crippen LogP contribution in [-0.4, -0.2) is 54.9 Å². The van der Waals surface area contributed by atoms with E-state index in [1.54, 1.807) is 41.2 Å². The number of nitrogens with zero attached hydrogens (tertiary/aromatic N) is 4. The Balaban J connectivity index is 1.50. The van der Waals surface area contributed by atoms with Crippen molar-refractivity contribution in [1.29, 1.82) is 0 Å². The molecule has 0 radical (unpaired) electrons. The van der Waals surface area contributed by atoms with Gasteiger partial charge in [0.25, 0.3) is 5.91 Å². The van der Waals surface area contributed by atoms with Gasteiger partial charge in [0.05, 0.1) is 19.9 Å². The molecular formula is C26H26N4O5. The fraction of sp³-hybridized carbons (Fsp3) is 0.308. The van der Waals surface area contributed by atoms with Crippen LogP contribution >= 0.6 is 0 Å². The number of aromatic nitrogens is 2. The maximum absolute atomic E-state index is 13.7. The number of hydrogen-bond donors (Lipinski definition) is 0. The van der Waals surface area contributed by atoms with Crippen LogP contribution in [0, 0.1) is 0 Å². The van der Waals surface area contributed by atoms with Gasteiger partial charge in [0.1, 0.15) is 11.4 Å². The Labute approximate surface area is 202 Å². The van der Waals surface area contributed by atoms with Gasteiger partial charge in [-0.05, 0) is 67.8 Å². The summed E-state index contributed by atoms with van der Waals surface area (Å²) in [5, 5.41) is 4.46. The molecule has 35 heavy (non-hydrogen) atoms. The molecule has 0 aliphatic carbocycles. The van der Waals surface area contributed by atoms with E-state index in [0.29, 0.717) is 48.6 Å². The van der Waals surface area contributed by atoms with E-state index >= 15 is 0 Å². The smallest absolute Gasteiger partial charge is 0.358 e. The zero-order valence-electron chi connectivity index (χ0n) is 19.7. The first-order chi connectivity index (χ1) is 17.0. The molecular weight excluding hydrogens is 448 g/mol. The number of esters is 1. The molecule has 0 N–H and O–H groups in total. The van der Waals surface area contributed by atoms with E-state index in [1.165, 1.54) is 11.8 Å². The second-order valence-electron chi connectivity index (χ2n) is 8.50. The fourth-order valence-corrected chi connectivity index (χ4v) is 4.67. The molecule has 2 aliphatic heterocycles. The molecule has 2 amide bonds. The number of carbonyl (C=O) groups is 3. The molecule has 1 saturated heterocycles. The number of fused-ring (bicyclic) bond motifs is 1. The van der Waals surface area contributed by atoms with Crippen LogP contribution < -0.4 is 14.5 Å². The van der Waals surface area contributed by atoms with Crippen molar-refractivity contribution in [3.63, 3.8) is 0 Å². The molecule has 5 rings (SSSR count). The van der Waals surface area contributed by atoms with Gasteiger partial charge >= 0.3 is 5.97 Å². The van der Waals surface area contributed by atoms with Crippen LogP contribution in [-0.2, 0) is 16.0 Å². The zero-order chi connectivity index (χ0) is 24.5. The summed E-state index contributed by atoms with van der Waals surface area (Å²) in [6.07, 6.45) is 2.92. The number of benzene rings is 2. The van der Waals surface area contributed by atoms with Gasteiger partial charge in [0.2, 0.25) is 5.91 Å². The van der Waals surface area contributed by atoms with Crippen molar-refractivity contribution in [2.45, 2.75) is 25.7 Å².